The van der Waals surface area contributed by atoms with E-state index in [0.29, 0.717) is 5.75 Å². The average molecular weight is 273 g/mol. The summed E-state index contributed by atoms with van der Waals surface area (Å²) in [6, 6.07) is 8.87. The second-order valence-electron chi connectivity index (χ2n) is 1.94. The van der Waals surface area contributed by atoms with Crippen molar-refractivity contribution in [1.82, 2.24) is 0 Å². The first-order valence-electron chi connectivity index (χ1n) is 3.22. The molecule has 0 aliphatic carbocycles. The summed E-state index contributed by atoms with van der Waals surface area (Å²) < 4.78 is 4.81. The zero-order chi connectivity index (χ0) is 8.10. The number of esters is 1. The maximum absolute atomic E-state index is 10.6. The fourth-order valence-electron chi connectivity index (χ4n) is 0.646. The number of ether oxygens (including phenoxy) is 1. The van der Waals surface area contributed by atoms with Crippen LogP contribution in [0.2, 0.25) is 0 Å². The van der Waals surface area contributed by atoms with E-state index in [0.717, 1.165) is 6.08 Å². The summed E-state index contributed by atoms with van der Waals surface area (Å²) in [6.45, 7) is 3.28. The molecule has 3 heteroatoms. The first kappa shape index (κ1) is 11.2. The van der Waals surface area contributed by atoms with Crippen LogP contribution in [-0.4, -0.2) is 30.4 Å². The summed E-state index contributed by atoms with van der Waals surface area (Å²) in [5.74, 6) is 0.105. The summed E-state index contributed by atoms with van der Waals surface area (Å²) in [4.78, 5) is 10.6. The summed E-state index contributed by atoms with van der Waals surface area (Å²) in [5, 5.41) is 0. The molecule has 0 saturated heterocycles. The zero-order valence-electron chi connectivity index (χ0n) is 6.69. The Morgan fingerprint density at radius 2 is 1.92 bits per heavy atom. The van der Waals surface area contributed by atoms with E-state index in [1.165, 1.54) is 0 Å². The van der Waals surface area contributed by atoms with Gasteiger partial charge in [-0.15, -0.1) is 0 Å². The monoisotopic (exact) mass is 272 g/mol. The first-order chi connectivity index (χ1) is 5.33. The van der Waals surface area contributed by atoms with E-state index in [1.54, 1.807) is 24.3 Å². The van der Waals surface area contributed by atoms with E-state index in [9.17, 15) is 4.79 Å². The molecule has 0 aromatic heterocycles. The average Bonchev–Trinajstić information content (AvgIpc) is 2.06. The summed E-state index contributed by atoms with van der Waals surface area (Å²) >= 11 is 0. The summed E-state index contributed by atoms with van der Waals surface area (Å²) in [5.41, 5.74) is 0. The van der Waals surface area contributed by atoms with Crippen LogP contribution in [0.4, 0.5) is 0 Å². The Morgan fingerprint density at radius 3 is 2.42 bits per heavy atom. The molecule has 0 atom stereocenters. The molecule has 0 fully saturated rings. The van der Waals surface area contributed by atoms with Crippen LogP contribution in [0.1, 0.15) is 0 Å². The van der Waals surface area contributed by atoms with Crippen LogP contribution in [0.5, 0.6) is 5.75 Å². The minimum absolute atomic E-state index is 0. The Labute approximate surface area is 88.7 Å². The number of carbonyl (C=O) groups excluding carboxylic acids is 1. The van der Waals surface area contributed by atoms with Crippen molar-refractivity contribution in [3.8, 4) is 5.75 Å². The van der Waals surface area contributed by atoms with Crippen LogP contribution in [-0.2, 0) is 4.79 Å². The maximum atomic E-state index is 10.6. The first-order valence-corrected chi connectivity index (χ1v) is 3.22. The predicted octanol–water partition coefficient (Wildman–Crippen LogP) is 0.594. The van der Waals surface area contributed by atoms with Gasteiger partial charge < -0.3 is 4.74 Å². The number of benzene rings is 1. The van der Waals surface area contributed by atoms with Crippen molar-refractivity contribution >= 4 is 30.4 Å². The van der Waals surface area contributed by atoms with Crippen LogP contribution in [0.25, 0.3) is 0 Å². The fourth-order valence-corrected chi connectivity index (χ4v) is 0.646. The fraction of sp³-hybridized carbons (Fsp3) is 0. The third-order valence-corrected chi connectivity index (χ3v) is 1.13. The van der Waals surface area contributed by atoms with Gasteiger partial charge in [0.2, 0.25) is 0 Å². The number of carbonyl (C=O) groups is 1. The van der Waals surface area contributed by atoms with Crippen molar-refractivity contribution in [2.75, 3.05) is 0 Å². The second-order valence-corrected chi connectivity index (χ2v) is 1.94. The topological polar surface area (TPSA) is 26.3 Å². The van der Waals surface area contributed by atoms with Gasteiger partial charge in [-0.2, -0.15) is 0 Å². The zero-order valence-corrected chi connectivity index (χ0v) is 10.7. The Balaban J connectivity index is 0.00000121. The molecule has 1 rings (SSSR count). The van der Waals surface area contributed by atoms with Crippen LogP contribution in [0.15, 0.2) is 43.0 Å². The third kappa shape index (κ3) is 3.58. The van der Waals surface area contributed by atoms with E-state index in [4.69, 9.17) is 4.74 Å². The standard InChI is InChI=1S/C9H8O2.Sb.3H/c1-2-9(10)11-8-6-4-3-5-7-8;;;;/h2-7H,1H2;;;;. The van der Waals surface area contributed by atoms with Gasteiger partial charge in [0.25, 0.3) is 0 Å². The van der Waals surface area contributed by atoms with Gasteiger partial charge in [0.15, 0.2) is 0 Å². The van der Waals surface area contributed by atoms with Crippen LogP contribution in [0.3, 0.4) is 0 Å². The van der Waals surface area contributed by atoms with E-state index >= 15 is 0 Å². The molecular formula is C9H11O2Sb. The van der Waals surface area contributed by atoms with Gasteiger partial charge in [0.1, 0.15) is 5.75 Å². The molecule has 64 valence electrons. The molecule has 0 heterocycles. The molecule has 0 radical (unpaired) electrons. The number of hydrogen-bond acceptors (Lipinski definition) is 2. The molecular weight excluding hydrogens is 262 g/mol. The van der Waals surface area contributed by atoms with Gasteiger partial charge in [-0.05, 0) is 12.1 Å². The predicted molar refractivity (Wildman–Crippen MR) is 52.2 cm³/mol. The minimum atomic E-state index is -0.434. The summed E-state index contributed by atoms with van der Waals surface area (Å²) in [6.07, 6.45) is 1.13. The van der Waals surface area contributed by atoms with E-state index in [-0.39, 0.29) is 24.4 Å². The van der Waals surface area contributed by atoms with Gasteiger partial charge in [-0.1, -0.05) is 24.8 Å². The Hall–Kier alpha value is -0.752. The van der Waals surface area contributed by atoms with Crippen molar-refractivity contribution in [1.29, 1.82) is 0 Å². The van der Waals surface area contributed by atoms with E-state index in [2.05, 4.69) is 6.58 Å². The molecule has 0 saturated carbocycles. The molecule has 0 spiro atoms. The molecule has 12 heavy (non-hydrogen) atoms. The molecule has 2 nitrogen and oxygen atoms in total. The van der Waals surface area contributed by atoms with Gasteiger partial charge in [0.05, 0.1) is 0 Å². The molecule has 0 amide bonds. The van der Waals surface area contributed by atoms with Gasteiger partial charge >= 0.3 is 30.4 Å². The van der Waals surface area contributed by atoms with Crippen molar-refractivity contribution < 1.29 is 9.53 Å². The number of hydrogen-bond donors (Lipinski definition) is 0. The Morgan fingerprint density at radius 1 is 1.33 bits per heavy atom. The molecule has 0 bridgehead atoms. The molecule has 0 N–H and O–H groups in total. The van der Waals surface area contributed by atoms with Crippen LogP contribution >= 0.6 is 0 Å². The van der Waals surface area contributed by atoms with Crippen molar-refractivity contribution in [2.45, 2.75) is 0 Å². The molecule has 1 aromatic rings. The quantitative estimate of drug-likeness (QED) is 0.341. The van der Waals surface area contributed by atoms with E-state index < -0.39 is 5.97 Å². The second kappa shape index (κ2) is 5.84. The van der Waals surface area contributed by atoms with Crippen molar-refractivity contribution in [3.63, 3.8) is 0 Å². The van der Waals surface area contributed by atoms with Crippen LogP contribution < -0.4 is 4.74 Å². The van der Waals surface area contributed by atoms with Gasteiger partial charge in [-0.25, -0.2) is 4.79 Å². The molecule has 0 aliphatic rings. The normalized spacial score (nSPS) is 8.00. The molecule has 1 aromatic carbocycles. The van der Waals surface area contributed by atoms with Gasteiger partial charge in [-0.3, -0.25) is 0 Å². The molecule has 0 unspecified atom stereocenters. The SMILES string of the molecule is C=CC(=O)Oc1ccccc1.[SbH3]. The molecule has 0 aliphatic heterocycles. The number of rotatable bonds is 2. The van der Waals surface area contributed by atoms with Crippen LogP contribution in [0, 0.1) is 0 Å². The third-order valence-electron chi connectivity index (χ3n) is 1.13. The summed E-state index contributed by atoms with van der Waals surface area (Å²) in [7, 11) is 0. The number of para-hydroxylation sites is 1. The van der Waals surface area contributed by atoms with E-state index in [1.807, 2.05) is 6.07 Å². The van der Waals surface area contributed by atoms with Crippen molar-refractivity contribution in [2.24, 2.45) is 0 Å². The van der Waals surface area contributed by atoms with Crippen molar-refractivity contribution in [3.05, 3.63) is 43.0 Å². The van der Waals surface area contributed by atoms with Gasteiger partial charge in [0, 0.05) is 6.08 Å². The Bertz CT molecular complexity index is 256. The Kier molecular flexibility index (Phi) is 5.48.